The van der Waals surface area contributed by atoms with Crippen LogP contribution in [-0.4, -0.2) is 11.9 Å². The summed E-state index contributed by atoms with van der Waals surface area (Å²) in [5, 5.41) is 2.95. The van der Waals surface area contributed by atoms with Gasteiger partial charge < -0.3 is 11.1 Å². The maximum Gasteiger partial charge on any atom is 0.237 e. The third-order valence-corrected chi connectivity index (χ3v) is 3.29. The molecule has 0 unspecified atom stereocenters. The average Bonchev–Trinajstić information content (AvgIpc) is 2.49. The van der Waals surface area contributed by atoms with E-state index in [4.69, 9.17) is 5.73 Å². The van der Waals surface area contributed by atoms with Gasteiger partial charge in [0.25, 0.3) is 0 Å². The van der Waals surface area contributed by atoms with Gasteiger partial charge in [-0.25, -0.2) is 0 Å². The first-order valence-electron chi connectivity index (χ1n) is 6.81. The van der Waals surface area contributed by atoms with Crippen molar-refractivity contribution >= 4 is 5.91 Å². The van der Waals surface area contributed by atoms with Crippen LogP contribution in [-0.2, 0) is 11.2 Å². The van der Waals surface area contributed by atoms with Crippen LogP contribution < -0.4 is 11.1 Å². The average molecular weight is 268 g/mol. The molecule has 2 atom stereocenters. The molecule has 0 radical (unpaired) electrons. The Morgan fingerprint density at radius 1 is 1.05 bits per heavy atom. The van der Waals surface area contributed by atoms with Crippen LogP contribution in [0, 0.1) is 0 Å². The molecule has 2 aromatic rings. The highest BCUT2D eigenvalue weighted by molar-refractivity contribution is 5.82. The summed E-state index contributed by atoms with van der Waals surface area (Å²) in [5.41, 5.74) is 8.11. The van der Waals surface area contributed by atoms with E-state index in [1.54, 1.807) is 0 Å². The molecule has 104 valence electrons. The number of carbonyl (C=O) groups excluding carboxylic acids is 1. The highest BCUT2D eigenvalue weighted by Crippen LogP contribution is 2.11. The molecule has 3 nitrogen and oxygen atoms in total. The monoisotopic (exact) mass is 268 g/mol. The molecule has 0 saturated carbocycles. The Bertz CT molecular complexity index is 539. The predicted molar refractivity (Wildman–Crippen MR) is 81.1 cm³/mol. The zero-order chi connectivity index (χ0) is 14.4. The van der Waals surface area contributed by atoms with Gasteiger partial charge in [0.1, 0.15) is 0 Å². The maximum absolute atomic E-state index is 12.1. The lowest BCUT2D eigenvalue weighted by atomic mass is 10.0. The molecule has 3 heteroatoms. The van der Waals surface area contributed by atoms with Crippen LogP contribution in [0.3, 0.4) is 0 Å². The number of hydrogen-bond donors (Lipinski definition) is 2. The summed E-state index contributed by atoms with van der Waals surface area (Å²) in [5.74, 6) is -0.120. The third-order valence-electron chi connectivity index (χ3n) is 3.29. The molecule has 0 fully saturated rings. The molecule has 3 N–H and O–H groups in total. The third kappa shape index (κ3) is 3.93. The van der Waals surface area contributed by atoms with E-state index in [0.717, 1.165) is 11.1 Å². The normalized spacial score (nSPS) is 13.5. The van der Waals surface area contributed by atoms with E-state index in [0.29, 0.717) is 6.42 Å². The zero-order valence-electron chi connectivity index (χ0n) is 11.6. The number of rotatable bonds is 5. The highest BCUT2D eigenvalue weighted by atomic mass is 16.2. The molecular weight excluding hydrogens is 248 g/mol. The Morgan fingerprint density at radius 3 is 2.20 bits per heavy atom. The van der Waals surface area contributed by atoms with Crippen molar-refractivity contribution in [2.24, 2.45) is 5.73 Å². The first kappa shape index (κ1) is 14.3. The van der Waals surface area contributed by atoms with Crippen molar-refractivity contribution < 1.29 is 4.79 Å². The van der Waals surface area contributed by atoms with Crippen molar-refractivity contribution in [3.63, 3.8) is 0 Å². The van der Waals surface area contributed by atoms with E-state index < -0.39 is 6.04 Å². The fraction of sp³-hybridized carbons (Fsp3) is 0.235. The van der Waals surface area contributed by atoms with Gasteiger partial charge in [-0.2, -0.15) is 0 Å². The molecule has 0 aliphatic rings. The fourth-order valence-electron chi connectivity index (χ4n) is 2.11. The number of nitrogens with one attached hydrogen (secondary N) is 1. The van der Waals surface area contributed by atoms with Crippen LogP contribution >= 0.6 is 0 Å². The van der Waals surface area contributed by atoms with Gasteiger partial charge in [-0.3, -0.25) is 4.79 Å². The number of carbonyl (C=O) groups is 1. The van der Waals surface area contributed by atoms with Gasteiger partial charge >= 0.3 is 0 Å². The van der Waals surface area contributed by atoms with E-state index in [1.165, 1.54) is 0 Å². The molecule has 0 bridgehead atoms. The van der Waals surface area contributed by atoms with Crippen molar-refractivity contribution in [1.29, 1.82) is 0 Å². The van der Waals surface area contributed by atoms with Gasteiger partial charge in [0.05, 0.1) is 12.1 Å². The van der Waals surface area contributed by atoms with Gasteiger partial charge in [-0.05, 0) is 24.5 Å². The Balaban J connectivity index is 1.91. The lowest BCUT2D eigenvalue weighted by Crippen LogP contribution is -2.42. The summed E-state index contributed by atoms with van der Waals surface area (Å²) in [7, 11) is 0. The smallest absolute Gasteiger partial charge is 0.237 e. The number of hydrogen-bond acceptors (Lipinski definition) is 2. The molecule has 0 spiro atoms. The molecule has 0 aliphatic heterocycles. The Morgan fingerprint density at radius 2 is 1.60 bits per heavy atom. The summed E-state index contributed by atoms with van der Waals surface area (Å²) in [6, 6.07) is 19.1. The van der Waals surface area contributed by atoms with Crippen molar-refractivity contribution in [3.05, 3.63) is 71.8 Å². The van der Waals surface area contributed by atoms with Crippen LogP contribution in [0.25, 0.3) is 0 Å². The molecule has 2 aromatic carbocycles. The minimum absolute atomic E-state index is 0.0366. The van der Waals surface area contributed by atoms with Crippen molar-refractivity contribution in [3.8, 4) is 0 Å². The summed E-state index contributed by atoms with van der Waals surface area (Å²) >= 11 is 0. The van der Waals surface area contributed by atoms with Gasteiger partial charge in [-0.1, -0.05) is 60.7 Å². The number of amides is 1. The van der Waals surface area contributed by atoms with Crippen molar-refractivity contribution in [2.45, 2.75) is 25.4 Å². The molecule has 0 heterocycles. The first-order valence-corrected chi connectivity index (χ1v) is 6.81. The van der Waals surface area contributed by atoms with Crippen LogP contribution in [0.5, 0.6) is 0 Å². The van der Waals surface area contributed by atoms with E-state index in [-0.39, 0.29) is 11.9 Å². The van der Waals surface area contributed by atoms with Gasteiger partial charge in [0, 0.05) is 0 Å². The molecular formula is C17H20N2O. The Labute approximate surface area is 119 Å². The molecule has 1 amide bonds. The molecule has 0 saturated heterocycles. The fourth-order valence-corrected chi connectivity index (χ4v) is 2.11. The van der Waals surface area contributed by atoms with Crippen LogP contribution in [0.15, 0.2) is 60.7 Å². The quantitative estimate of drug-likeness (QED) is 0.875. The van der Waals surface area contributed by atoms with E-state index >= 15 is 0 Å². The summed E-state index contributed by atoms with van der Waals surface area (Å²) in [6.07, 6.45) is 0.550. The lowest BCUT2D eigenvalue weighted by Gasteiger charge is -2.18. The van der Waals surface area contributed by atoms with E-state index in [9.17, 15) is 4.79 Å². The Hall–Kier alpha value is -2.13. The molecule has 0 aromatic heterocycles. The summed E-state index contributed by atoms with van der Waals surface area (Å²) in [6.45, 7) is 1.96. The first-order chi connectivity index (χ1) is 9.66. The van der Waals surface area contributed by atoms with Gasteiger partial charge in [0.2, 0.25) is 5.91 Å². The van der Waals surface area contributed by atoms with Crippen molar-refractivity contribution in [2.75, 3.05) is 0 Å². The topological polar surface area (TPSA) is 55.1 Å². The summed E-state index contributed by atoms with van der Waals surface area (Å²) in [4.78, 5) is 12.1. The largest absolute Gasteiger partial charge is 0.348 e. The zero-order valence-corrected chi connectivity index (χ0v) is 11.6. The SMILES string of the molecule is C[C@H](NC(=O)[C@H](N)Cc1ccccc1)c1ccccc1. The Kier molecular flexibility index (Phi) is 4.91. The lowest BCUT2D eigenvalue weighted by molar-refractivity contribution is -0.123. The number of benzene rings is 2. The highest BCUT2D eigenvalue weighted by Gasteiger charge is 2.16. The van der Waals surface area contributed by atoms with Crippen LogP contribution in [0.4, 0.5) is 0 Å². The van der Waals surface area contributed by atoms with Gasteiger partial charge in [-0.15, -0.1) is 0 Å². The number of nitrogens with two attached hydrogens (primary N) is 1. The molecule has 2 rings (SSSR count). The van der Waals surface area contributed by atoms with E-state index in [2.05, 4.69) is 5.32 Å². The molecule has 20 heavy (non-hydrogen) atoms. The van der Waals surface area contributed by atoms with Crippen LogP contribution in [0.1, 0.15) is 24.1 Å². The van der Waals surface area contributed by atoms with E-state index in [1.807, 2.05) is 67.6 Å². The maximum atomic E-state index is 12.1. The second-order valence-electron chi connectivity index (χ2n) is 4.94. The summed E-state index contributed by atoms with van der Waals surface area (Å²) < 4.78 is 0. The minimum atomic E-state index is -0.524. The molecule has 0 aliphatic carbocycles. The van der Waals surface area contributed by atoms with Crippen LogP contribution in [0.2, 0.25) is 0 Å². The van der Waals surface area contributed by atoms with Crippen molar-refractivity contribution in [1.82, 2.24) is 5.32 Å². The second-order valence-corrected chi connectivity index (χ2v) is 4.94. The van der Waals surface area contributed by atoms with Gasteiger partial charge in [0.15, 0.2) is 0 Å². The predicted octanol–water partition coefficient (Wildman–Crippen LogP) is 2.43. The second kappa shape index (κ2) is 6.87. The minimum Gasteiger partial charge on any atom is -0.348 e. The standard InChI is InChI=1S/C17H20N2O/c1-13(15-10-6-3-7-11-15)19-17(20)16(18)12-14-8-4-2-5-9-14/h2-11,13,16H,12,18H2,1H3,(H,19,20)/t13-,16+/m0/s1.